The smallest absolute Gasteiger partial charge is 0.227 e. The average molecular weight is 435 g/mol. The summed E-state index contributed by atoms with van der Waals surface area (Å²) in [6.07, 6.45) is 1.69. The van der Waals surface area contributed by atoms with Gasteiger partial charge >= 0.3 is 0 Å². The molecule has 0 saturated carbocycles. The Labute approximate surface area is 188 Å². The van der Waals surface area contributed by atoms with Gasteiger partial charge in [-0.05, 0) is 29.8 Å². The Bertz CT molecular complexity index is 1100. The fourth-order valence-electron chi connectivity index (χ4n) is 3.87. The molecule has 4 aromatic rings. The first kappa shape index (κ1) is 21.2. The highest BCUT2D eigenvalue weighted by molar-refractivity contribution is 5.90. The first-order valence-electron chi connectivity index (χ1n) is 10.4. The summed E-state index contributed by atoms with van der Waals surface area (Å²) in [7, 11) is 0. The van der Waals surface area contributed by atoms with E-state index < -0.39 is 0 Å². The zero-order valence-corrected chi connectivity index (χ0v) is 18.0. The number of fused-ring (bicyclic) bond motifs is 1. The Morgan fingerprint density at radius 3 is 2.39 bits per heavy atom. The van der Waals surface area contributed by atoms with Crippen LogP contribution in [0.4, 0.5) is 11.8 Å². The quantitative estimate of drug-likeness (QED) is 0.491. The SMILES string of the molecule is [Cl-].c1ccc(CN2CCN(c3nc(NCc4ccco4)c4ccccc4n3)CC2)cc1. The number of piperazine rings is 1. The summed E-state index contributed by atoms with van der Waals surface area (Å²) in [5.74, 6) is 2.52. The van der Waals surface area contributed by atoms with Gasteiger partial charge in [0.1, 0.15) is 11.6 Å². The van der Waals surface area contributed by atoms with Gasteiger partial charge in [0.25, 0.3) is 0 Å². The molecule has 0 aliphatic carbocycles. The van der Waals surface area contributed by atoms with Crippen LogP contribution in [0.25, 0.3) is 10.9 Å². The number of hydrogen-bond donors (Lipinski definition) is 1. The zero-order valence-electron chi connectivity index (χ0n) is 17.2. The van der Waals surface area contributed by atoms with Crippen LogP contribution in [-0.2, 0) is 13.1 Å². The summed E-state index contributed by atoms with van der Waals surface area (Å²) in [6.45, 7) is 5.42. The molecule has 6 nitrogen and oxygen atoms in total. The molecule has 1 N–H and O–H groups in total. The van der Waals surface area contributed by atoms with E-state index in [-0.39, 0.29) is 12.4 Å². The highest BCUT2D eigenvalue weighted by Crippen LogP contribution is 2.25. The number of para-hydroxylation sites is 1. The molecule has 0 spiro atoms. The lowest BCUT2D eigenvalue weighted by Gasteiger charge is -2.35. The van der Waals surface area contributed by atoms with Crippen molar-refractivity contribution in [3.63, 3.8) is 0 Å². The van der Waals surface area contributed by atoms with E-state index >= 15 is 0 Å². The molecule has 1 fully saturated rings. The van der Waals surface area contributed by atoms with Crippen molar-refractivity contribution in [3.05, 3.63) is 84.3 Å². The van der Waals surface area contributed by atoms with Crippen molar-refractivity contribution >= 4 is 22.7 Å². The van der Waals surface area contributed by atoms with Gasteiger partial charge in [-0.25, -0.2) is 4.98 Å². The maximum Gasteiger partial charge on any atom is 0.227 e. The molecule has 0 atom stereocenters. The number of nitrogens with zero attached hydrogens (tertiary/aromatic N) is 4. The summed E-state index contributed by atoms with van der Waals surface area (Å²) in [4.78, 5) is 14.5. The highest BCUT2D eigenvalue weighted by Gasteiger charge is 2.20. The number of furan rings is 1. The lowest BCUT2D eigenvalue weighted by Crippen LogP contribution is -3.00. The fraction of sp³-hybridized carbons (Fsp3) is 0.250. The third-order valence-corrected chi connectivity index (χ3v) is 5.51. The van der Waals surface area contributed by atoms with E-state index in [0.717, 1.165) is 61.2 Å². The van der Waals surface area contributed by atoms with E-state index in [1.807, 2.05) is 30.3 Å². The molecule has 160 valence electrons. The molecule has 0 bridgehead atoms. The van der Waals surface area contributed by atoms with Gasteiger partial charge in [-0.3, -0.25) is 4.90 Å². The van der Waals surface area contributed by atoms with E-state index in [9.17, 15) is 0 Å². The number of rotatable bonds is 6. The summed E-state index contributed by atoms with van der Waals surface area (Å²) in [5, 5.41) is 4.45. The van der Waals surface area contributed by atoms with Gasteiger partial charge in [-0.1, -0.05) is 42.5 Å². The van der Waals surface area contributed by atoms with Crippen molar-refractivity contribution < 1.29 is 16.8 Å². The van der Waals surface area contributed by atoms with Crippen LogP contribution in [0.3, 0.4) is 0 Å². The minimum atomic E-state index is 0. The number of nitrogens with one attached hydrogen (secondary N) is 1. The minimum Gasteiger partial charge on any atom is -1.00 e. The topological polar surface area (TPSA) is 57.4 Å². The van der Waals surface area contributed by atoms with Gasteiger partial charge in [-0.2, -0.15) is 4.98 Å². The molecule has 0 unspecified atom stereocenters. The van der Waals surface area contributed by atoms with Gasteiger partial charge in [0.15, 0.2) is 0 Å². The number of halogens is 1. The molecule has 1 aliphatic heterocycles. The molecular formula is C24H25ClN5O-. The van der Waals surface area contributed by atoms with Crippen molar-refractivity contribution in [2.75, 3.05) is 36.4 Å². The number of hydrogen-bond acceptors (Lipinski definition) is 6. The zero-order chi connectivity index (χ0) is 20.2. The Balaban J connectivity index is 0.00000231. The predicted octanol–water partition coefficient (Wildman–Crippen LogP) is 1.16. The fourth-order valence-corrected chi connectivity index (χ4v) is 3.87. The second-order valence-electron chi connectivity index (χ2n) is 7.57. The molecule has 0 amide bonds. The molecule has 2 aromatic heterocycles. The monoisotopic (exact) mass is 434 g/mol. The van der Waals surface area contributed by atoms with Gasteiger partial charge in [0.2, 0.25) is 5.95 Å². The average Bonchev–Trinajstić information content (AvgIpc) is 3.32. The van der Waals surface area contributed by atoms with Crippen molar-refractivity contribution in [3.8, 4) is 0 Å². The summed E-state index contributed by atoms with van der Waals surface area (Å²) in [5.41, 5.74) is 2.31. The normalized spacial score (nSPS) is 14.4. The van der Waals surface area contributed by atoms with Crippen LogP contribution in [0.15, 0.2) is 77.4 Å². The lowest BCUT2D eigenvalue weighted by atomic mass is 10.2. The predicted molar refractivity (Wildman–Crippen MR) is 120 cm³/mol. The van der Waals surface area contributed by atoms with Gasteiger partial charge in [0, 0.05) is 38.1 Å². The molecule has 1 saturated heterocycles. The number of aromatic nitrogens is 2. The van der Waals surface area contributed by atoms with Gasteiger partial charge in [-0.15, -0.1) is 0 Å². The molecule has 0 radical (unpaired) electrons. The van der Waals surface area contributed by atoms with Crippen molar-refractivity contribution in [1.29, 1.82) is 0 Å². The van der Waals surface area contributed by atoms with Crippen LogP contribution in [0, 0.1) is 0 Å². The second kappa shape index (κ2) is 9.81. The third-order valence-electron chi connectivity index (χ3n) is 5.51. The van der Waals surface area contributed by atoms with Crippen LogP contribution in [0.2, 0.25) is 0 Å². The van der Waals surface area contributed by atoms with Crippen LogP contribution in [0.5, 0.6) is 0 Å². The van der Waals surface area contributed by atoms with Crippen LogP contribution in [-0.4, -0.2) is 41.0 Å². The summed E-state index contributed by atoms with van der Waals surface area (Å²) < 4.78 is 5.45. The highest BCUT2D eigenvalue weighted by atomic mass is 35.5. The van der Waals surface area contributed by atoms with Crippen LogP contribution < -0.4 is 22.6 Å². The lowest BCUT2D eigenvalue weighted by molar-refractivity contribution is -0.00000661. The van der Waals surface area contributed by atoms with Gasteiger partial charge in [0.05, 0.1) is 18.3 Å². The number of anilines is 2. The first-order valence-corrected chi connectivity index (χ1v) is 10.4. The molecule has 2 aromatic carbocycles. The van der Waals surface area contributed by atoms with Crippen LogP contribution in [0.1, 0.15) is 11.3 Å². The molecule has 31 heavy (non-hydrogen) atoms. The van der Waals surface area contributed by atoms with E-state index in [4.69, 9.17) is 14.4 Å². The van der Waals surface area contributed by atoms with E-state index in [2.05, 4.69) is 51.5 Å². The van der Waals surface area contributed by atoms with Crippen molar-refractivity contribution in [2.24, 2.45) is 0 Å². The molecule has 1 aliphatic rings. The van der Waals surface area contributed by atoms with Crippen LogP contribution >= 0.6 is 0 Å². The minimum absolute atomic E-state index is 0. The molecule has 3 heterocycles. The maximum atomic E-state index is 5.45. The van der Waals surface area contributed by atoms with Gasteiger partial charge < -0.3 is 27.0 Å². The Hall–Kier alpha value is -3.09. The third kappa shape index (κ3) is 4.98. The van der Waals surface area contributed by atoms with E-state index in [1.54, 1.807) is 6.26 Å². The summed E-state index contributed by atoms with van der Waals surface area (Å²) in [6, 6.07) is 22.7. The number of benzene rings is 2. The summed E-state index contributed by atoms with van der Waals surface area (Å²) >= 11 is 0. The Morgan fingerprint density at radius 1 is 0.839 bits per heavy atom. The van der Waals surface area contributed by atoms with E-state index in [1.165, 1.54) is 5.56 Å². The van der Waals surface area contributed by atoms with E-state index in [0.29, 0.717) is 6.54 Å². The molecule has 5 rings (SSSR count). The Kier molecular flexibility index (Phi) is 6.70. The second-order valence-corrected chi connectivity index (χ2v) is 7.57. The molecule has 7 heteroatoms. The van der Waals surface area contributed by atoms with Crippen molar-refractivity contribution in [1.82, 2.24) is 14.9 Å². The molecular weight excluding hydrogens is 410 g/mol. The maximum absolute atomic E-state index is 5.45. The largest absolute Gasteiger partial charge is 1.00 e. The Morgan fingerprint density at radius 2 is 1.61 bits per heavy atom. The first-order chi connectivity index (χ1) is 14.8. The standard InChI is InChI=1S/C24H25N5O.ClH/c1-2-7-19(8-3-1)18-28-12-14-29(15-13-28)24-26-22-11-5-4-10-21(22)23(27-24)25-17-20-9-6-16-30-20;/h1-11,16H,12-15,17-18H2,(H,25,26,27);1H/p-1. The van der Waals surface area contributed by atoms with Crippen molar-refractivity contribution in [2.45, 2.75) is 13.1 Å².